The minimum Gasteiger partial charge on any atom is -0.342 e. The lowest BCUT2D eigenvalue weighted by molar-refractivity contribution is -0.131. The van der Waals surface area contributed by atoms with Gasteiger partial charge in [-0.05, 0) is 38.3 Å². The summed E-state index contributed by atoms with van der Waals surface area (Å²) in [5.74, 6) is 0.122. The fourth-order valence-corrected chi connectivity index (χ4v) is 4.11. The molecule has 1 aromatic heterocycles. The van der Waals surface area contributed by atoms with Gasteiger partial charge in [0.15, 0.2) is 5.16 Å². The number of aromatic nitrogens is 2. The average molecular weight is 357 g/mol. The molecule has 3 rings (SSSR count). The molecule has 0 spiro atoms. The Morgan fingerprint density at radius 1 is 1.32 bits per heavy atom. The molecule has 0 radical (unpaired) electrons. The first kappa shape index (κ1) is 17.7. The third-order valence-electron chi connectivity index (χ3n) is 4.44. The van der Waals surface area contributed by atoms with E-state index in [1.165, 1.54) is 18.2 Å². The Hall–Kier alpha value is -2.08. The maximum atomic E-state index is 12.8. The molecule has 5 nitrogen and oxygen atoms in total. The molecule has 6 heteroatoms. The number of amides is 1. The van der Waals surface area contributed by atoms with Crippen LogP contribution in [-0.4, -0.2) is 38.7 Å². The van der Waals surface area contributed by atoms with E-state index < -0.39 is 0 Å². The minimum atomic E-state index is -0.276. The third-order valence-corrected chi connectivity index (χ3v) is 5.51. The Bertz CT molecular complexity index is 840. The Balaban J connectivity index is 1.91. The van der Waals surface area contributed by atoms with E-state index in [2.05, 4.69) is 11.6 Å². The van der Waals surface area contributed by atoms with Crippen molar-refractivity contribution < 1.29 is 4.79 Å². The molecule has 2 aromatic rings. The Kier molecular flexibility index (Phi) is 5.58. The number of carbonyl (C=O) groups is 1. The number of benzene rings is 1. The second-order valence-corrected chi connectivity index (χ2v) is 7.57. The number of nitrogens with zero attached hydrogens (tertiary/aromatic N) is 3. The van der Waals surface area contributed by atoms with Gasteiger partial charge in [-0.2, -0.15) is 0 Å². The normalized spacial score (nSPS) is 16.0. The van der Waals surface area contributed by atoms with Crippen LogP contribution >= 0.6 is 11.8 Å². The number of fused-ring (bicyclic) bond motifs is 1. The lowest BCUT2D eigenvalue weighted by atomic mass is 10.1. The molecule has 2 heterocycles. The second kappa shape index (κ2) is 7.87. The Morgan fingerprint density at radius 2 is 2.04 bits per heavy atom. The first-order chi connectivity index (χ1) is 12.1. The van der Waals surface area contributed by atoms with Crippen molar-refractivity contribution in [2.75, 3.05) is 13.1 Å². The van der Waals surface area contributed by atoms with Crippen molar-refractivity contribution in [3.63, 3.8) is 0 Å². The molecule has 1 aromatic carbocycles. The first-order valence-electron chi connectivity index (χ1n) is 8.67. The number of hydrogen-bond acceptors (Lipinski definition) is 4. The predicted octanol–water partition coefficient (Wildman–Crippen LogP) is 3.08. The van der Waals surface area contributed by atoms with Crippen molar-refractivity contribution in [3.8, 4) is 0 Å². The van der Waals surface area contributed by atoms with Crippen LogP contribution in [0.5, 0.6) is 0 Å². The zero-order valence-electron chi connectivity index (χ0n) is 14.5. The second-order valence-electron chi connectivity index (χ2n) is 6.26. The lowest BCUT2D eigenvalue weighted by Gasteiger charge is -2.29. The first-order valence-corrected chi connectivity index (χ1v) is 9.55. The van der Waals surface area contributed by atoms with Crippen LogP contribution in [0, 0.1) is 0 Å². The van der Waals surface area contributed by atoms with Crippen LogP contribution < -0.4 is 5.56 Å². The van der Waals surface area contributed by atoms with Gasteiger partial charge < -0.3 is 4.90 Å². The summed E-state index contributed by atoms with van der Waals surface area (Å²) in [6, 6.07) is 7.31. The number of hydrogen-bond donors (Lipinski definition) is 0. The van der Waals surface area contributed by atoms with Crippen molar-refractivity contribution in [3.05, 3.63) is 47.3 Å². The van der Waals surface area contributed by atoms with Gasteiger partial charge in [-0.1, -0.05) is 30.0 Å². The molecule has 1 aliphatic heterocycles. The Morgan fingerprint density at radius 3 is 2.76 bits per heavy atom. The van der Waals surface area contributed by atoms with Crippen LogP contribution in [0.4, 0.5) is 0 Å². The summed E-state index contributed by atoms with van der Waals surface area (Å²) in [6.07, 6.45) is 5.01. The average Bonchev–Trinajstić information content (AvgIpc) is 2.65. The van der Waals surface area contributed by atoms with E-state index in [9.17, 15) is 9.59 Å². The predicted molar refractivity (Wildman–Crippen MR) is 102 cm³/mol. The maximum Gasteiger partial charge on any atom is 0.262 e. The standard InChI is InChI=1S/C19H23N3O2S/c1-3-11-22-18(24)15-9-5-6-10-16(15)20-19(22)25-14(2)17(23)21-12-7-4-8-13-21/h3,5-6,9-10,14H,1,4,7-8,11-13H2,2H3. The zero-order chi connectivity index (χ0) is 17.8. The van der Waals surface area contributed by atoms with E-state index in [0.717, 1.165) is 25.9 Å². The summed E-state index contributed by atoms with van der Waals surface area (Å²) >= 11 is 1.35. The number of allylic oxidation sites excluding steroid dienone is 1. The highest BCUT2D eigenvalue weighted by atomic mass is 32.2. The van der Waals surface area contributed by atoms with E-state index in [1.54, 1.807) is 16.7 Å². The zero-order valence-corrected chi connectivity index (χ0v) is 15.3. The highest BCUT2D eigenvalue weighted by Crippen LogP contribution is 2.25. The van der Waals surface area contributed by atoms with Gasteiger partial charge in [-0.3, -0.25) is 14.2 Å². The molecule has 1 atom stereocenters. The molecule has 1 unspecified atom stereocenters. The molecular formula is C19H23N3O2S. The minimum absolute atomic E-state index is 0.0920. The van der Waals surface area contributed by atoms with Crippen LogP contribution in [-0.2, 0) is 11.3 Å². The summed E-state index contributed by atoms with van der Waals surface area (Å²) in [5, 5.41) is 0.882. The summed E-state index contributed by atoms with van der Waals surface area (Å²) in [7, 11) is 0. The number of rotatable bonds is 5. The number of carbonyl (C=O) groups excluding carboxylic acids is 1. The molecule has 25 heavy (non-hydrogen) atoms. The van der Waals surface area contributed by atoms with E-state index >= 15 is 0 Å². The van der Waals surface area contributed by atoms with Crippen LogP contribution in [0.3, 0.4) is 0 Å². The molecule has 1 aliphatic rings. The van der Waals surface area contributed by atoms with E-state index in [1.807, 2.05) is 30.0 Å². The van der Waals surface area contributed by atoms with Crippen molar-refractivity contribution in [1.82, 2.24) is 14.5 Å². The number of piperidine rings is 1. The monoisotopic (exact) mass is 357 g/mol. The molecular weight excluding hydrogens is 334 g/mol. The molecule has 0 N–H and O–H groups in total. The maximum absolute atomic E-state index is 12.8. The van der Waals surface area contributed by atoms with Gasteiger partial charge in [0.05, 0.1) is 16.2 Å². The van der Waals surface area contributed by atoms with Crippen LogP contribution in [0.2, 0.25) is 0 Å². The topological polar surface area (TPSA) is 55.2 Å². The van der Waals surface area contributed by atoms with Gasteiger partial charge in [0.2, 0.25) is 5.91 Å². The van der Waals surface area contributed by atoms with Crippen molar-refractivity contribution in [2.24, 2.45) is 0 Å². The quantitative estimate of drug-likeness (QED) is 0.469. The van der Waals surface area contributed by atoms with Gasteiger partial charge in [-0.25, -0.2) is 4.98 Å². The molecule has 0 aliphatic carbocycles. The van der Waals surface area contributed by atoms with E-state index in [-0.39, 0.29) is 16.7 Å². The van der Waals surface area contributed by atoms with Gasteiger partial charge >= 0.3 is 0 Å². The van der Waals surface area contributed by atoms with Gasteiger partial charge in [0, 0.05) is 19.6 Å². The lowest BCUT2D eigenvalue weighted by Crippen LogP contribution is -2.40. The molecule has 132 valence electrons. The van der Waals surface area contributed by atoms with Crippen LogP contribution in [0.1, 0.15) is 26.2 Å². The summed E-state index contributed by atoms with van der Waals surface area (Å²) in [4.78, 5) is 32.0. The fraction of sp³-hybridized carbons (Fsp3) is 0.421. The van der Waals surface area contributed by atoms with Crippen LogP contribution in [0.25, 0.3) is 10.9 Å². The molecule has 1 saturated heterocycles. The number of para-hydroxylation sites is 1. The molecule has 0 saturated carbocycles. The van der Waals surface area contributed by atoms with Crippen molar-refractivity contribution in [1.29, 1.82) is 0 Å². The third kappa shape index (κ3) is 3.79. The highest BCUT2D eigenvalue weighted by Gasteiger charge is 2.24. The molecule has 0 bridgehead atoms. The highest BCUT2D eigenvalue weighted by molar-refractivity contribution is 8.00. The molecule has 1 amide bonds. The van der Waals surface area contributed by atoms with E-state index in [0.29, 0.717) is 22.6 Å². The summed E-state index contributed by atoms with van der Waals surface area (Å²) in [5.41, 5.74) is 0.568. The smallest absolute Gasteiger partial charge is 0.262 e. The number of thioether (sulfide) groups is 1. The fourth-order valence-electron chi connectivity index (χ4n) is 3.11. The van der Waals surface area contributed by atoms with Crippen LogP contribution in [0.15, 0.2) is 46.9 Å². The van der Waals surface area contributed by atoms with Gasteiger partial charge in [0.25, 0.3) is 5.56 Å². The summed E-state index contributed by atoms with van der Waals surface area (Å²) in [6.45, 7) is 7.66. The van der Waals surface area contributed by atoms with E-state index in [4.69, 9.17) is 0 Å². The molecule has 1 fully saturated rings. The van der Waals surface area contributed by atoms with Crippen molar-refractivity contribution in [2.45, 2.75) is 43.1 Å². The largest absolute Gasteiger partial charge is 0.342 e. The SMILES string of the molecule is C=CCn1c(SC(C)C(=O)N2CCCCC2)nc2ccccc2c1=O. The van der Waals surface area contributed by atoms with Gasteiger partial charge in [0.1, 0.15) is 0 Å². The summed E-state index contributed by atoms with van der Waals surface area (Å²) < 4.78 is 1.60. The Labute approximate surface area is 151 Å². The van der Waals surface area contributed by atoms with Gasteiger partial charge in [-0.15, -0.1) is 6.58 Å². The van der Waals surface area contributed by atoms with Crippen molar-refractivity contribution >= 4 is 28.6 Å². The number of likely N-dealkylation sites (tertiary alicyclic amines) is 1.